The molecule has 0 aliphatic heterocycles. The number of likely N-dealkylation sites (N-methyl/N-ethyl adjacent to an activating group) is 1. The van der Waals surface area contributed by atoms with Crippen LogP contribution in [-0.2, 0) is 32.7 Å². The van der Waals surface area contributed by atoms with Gasteiger partial charge in [-0.05, 0) is 64.2 Å². The van der Waals surface area contributed by atoms with Crippen LogP contribution in [0.15, 0.2) is 48.6 Å². The Hall–Kier alpha value is -2.07. The molecule has 0 saturated carbocycles. The van der Waals surface area contributed by atoms with Crippen LogP contribution in [0.4, 0.5) is 0 Å². The third-order valence-electron chi connectivity index (χ3n) is 8.93. The van der Waals surface area contributed by atoms with Crippen molar-refractivity contribution in [2.24, 2.45) is 0 Å². The molecule has 0 fully saturated rings. The summed E-state index contributed by atoms with van der Waals surface area (Å²) in [6.07, 6.45) is 37.4. The summed E-state index contributed by atoms with van der Waals surface area (Å²) in [5, 5.41) is 10.3. The van der Waals surface area contributed by atoms with Crippen LogP contribution in [0.3, 0.4) is 0 Å². The van der Waals surface area contributed by atoms with Crippen LogP contribution < -0.4 is 4.89 Å². The molecule has 0 rings (SSSR count). The lowest BCUT2D eigenvalue weighted by molar-refractivity contribution is -0.870. The molecule has 0 aliphatic carbocycles. The molecule has 0 heterocycles. The largest absolute Gasteiger partial charge is 0.756 e. The number of aliphatic hydroxyl groups excluding tert-OH is 1. The van der Waals surface area contributed by atoms with Crippen LogP contribution in [0.1, 0.15) is 162 Å². The van der Waals surface area contributed by atoms with Crippen LogP contribution in [0, 0.1) is 0 Å². The lowest BCUT2D eigenvalue weighted by atomic mass is 10.1. The molecule has 0 spiro atoms. The third-order valence-corrected chi connectivity index (χ3v) is 9.89. The first-order valence-corrected chi connectivity index (χ1v) is 22.9. The lowest BCUT2D eigenvalue weighted by Gasteiger charge is -2.28. The van der Waals surface area contributed by atoms with Crippen LogP contribution in [0.2, 0.25) is 0 Å². The second-order valence-corrected chi connectivity index (χ2v) is 17.0. The smallest absolute Gasteiger partial charge is 0.306 e. The van der Waals surface area contributed by atoms with Gasteiger partial charge in [0.25, 0.3) is 7.82 Å². The minimum Gasteiger partial charge on any atom is -0.756 e. The number of esters is 2. The average molecular weight is 798 g/mol. The Kier molecular flexibility index (Phi) is 34.9. The van der Waals surface area contributed by atoms with Crippen LogP contribution >= 0.6 is 7.82 Å². The van der Waals surface area contributed by atoms with E-state index in [-0.39, 0.29) is 26.1 Å². The number of allylic oxidation sites excluding steroid dienone is 7. The molecule has 3 atom stereocenters. The van der Waals surface area contributed by atoms with Gasteiger partial charge in [0.2, 0.25) is 0 Å². The molecule has 0 bridgehead atoms. The Morgan fingerprint density at radius 2 is 1.22 bits per heavy atom. The molecular weight excluding hydrogens is 717 g/mol. The number of ether oxygens (including phenoxy) is 2. The van der Waals surface area contributed by atoms with E-state index in [1.54, 1.807) is 12.2 Å². The van der Waals surface area contributed by atoms with E-state index in [2.05, 4.69) is 38.2 Å². The van der Waals surface area contributed by atoms with Crippen LogP contribution in [0.5, 0.6) is 0 Å². The SMILES string of the molecule is CCCCCC/C=C\CCCCCCCC(=O)OC[C@H](COP(=O)([O-])OCC[N+](C)(C)C)OC(=O)CCCC(O)/C=C/C=C/C/C=C/CCCCCCCC. The summed E-state index contributed by atoms with van der Waals surface area (Å²) < 4.78 is 33.7. The lowest BCUT2D eigenvalue weighted by Crippen LogP contribution is -2.37. The van der Waals surface area contributed by atoms with Gasteiger partial charge in [0.1, 0.15) is 19.8 Å². The highest BCUT2D eigenvalue weighted by molar-refractivity contribution is 7.45. The second kappa shape index (κ2) is 36.3. The predicted molar refractivity (Wildman–Crippen MR) is 223 cm³/mol. The fraction of sp³-hybridized carbons (Fsp3) is 0.773. The molecule has 0 radical (unpaired) electrons. The number of hydrogen-bond donors (Lipinski definition) is 1. The number of phosphoric acid groups is 1. The molecule has 0 aromatic rings. The Balaban J connectivity index is 4.60. The summed E-state index contributed by atoms with van der Waals surface area (Å²) in [7, 11) is 1.04. The number of hydrogen-bond acceptors (Lipinski definition) is 9. The molecular formula is C44H80NO9P. The van der Waals surface area contributed by atoms with E-state index in [4.69, 9.17) is 18.5 Å². The summed E-state index contributed by atoms with van der Waals surface area (Å²) in [6, 6.07) is 0. The van der Waals surface area contributed by atoms with E-state index in [0.717, 1.165) is 51.4 Å². The third kappa shape index (κ3) is 39.9. The maximum atomic E-state index is 12.7. The monoisotopic (exact) mass is 798 g/mol. The predicted octanol–water partition coefficient (Wildman–Crippen LogP) is 10.2. The van der Waals surface area contributed by atoms with Crippen molar-refractivity contribution in [3.05, 3.63) is 48.6 Å². The summed E-state index contributed by atoms with van der Waals surface area (Å²) in [5.41, 5.74) is 0. The number of quaternary nitrogens is 1. The molecule has 0 saturated heterocycles. The maximum absolute atomic E-state index is 12.7. The first-order valence-electron chi connectivity index (χ1n) is 21.5. The van der Waals surface area contributed by atoms with Crippen molar-refractivity contribution in [1.29, 1.82) is 0 Å². The second-order valence-electron chi connectivity index (χ2n) is 15.5. The normalized spacial score (nSPS) is 14.7. The molecule has 1 N–H and O–H groups in total. The highest BCUT2D eigenvalue weighted by atomic mass is 31.2. The molecule has 320 valence electrons. The number of phosphoric ester groups is 1. The summed E-state index contributed by atoms with van der Waals surface area (Å²) in [6.45, 7) is 3.96. The number of carbonyl (C=O) groups is 2. The van der Waals surface area contributed by atoms with Gasteiger partial charge in [0.15, 0.2) is 6.10 Å². The van der Waals surface area contributed by atoms with Gasteiger partial charge in [0, 0.05) is 12.8 Å². The van der Waals surface area contributed by atoms with Gasteiger partial charge >= 0.3 is 11.9 Å². The van der Waals surface area contributed by atoms with Crippen molar-refractivity contribution in [2.45, 2.75) is 174 Å². The number of rotatable bonds is 38. The Morgan fingerprint density at radius 1 is 0.673 bits per heavy atom. The first-order chi connectivity index (χ1) is 26.4. The zero-order valence-corrected chi connectivity index (χ0v) is 36.4. The fourth-order valence-electron chi connectivity index (χ4n) is 5.48. The van der Waals surface area contributed by atoms with E-state index >= 15 is 0 Å². The quantitative estimate of drug-likeness (QED) is 0.0162. The molecule has 2 unspecified atom stereocenters. The molecule has 0 amide bonds. The Labute approximate surface area is 336 Å². The number of nitrogens with zero attached hydrogens (tertiary/aromatic N) is 1. The van der Waals surface area contributed by atoms with E-state index < -0.39 is 38.6 Å². The van der Waals surface area contributed by atoms with E-state index in [1.807, 2.05) is 33.3 Å². The Bertz CT molecular complexity index is 1100. The molecule has 10 nitrogen and oxygen atoms in total. The number of carbonyl (C=O) groups excluding carboxylic acids is 2. The van der Waals surface area contributed by atoms with Gasteiger partial charge in [0.05, 0.1) is 33.9 Å². The van der Waals surface area contributed by atoms with Crippen molar-refractivity contribution in [2.75, 3.05) is 47.5 Å². The fourth-order valence-corrected chi connectivity index (χ4v) is 6.21. The van der Waals surface area contributed by atoms with Gasteiger partial charge in [-0.3, -0.25) is 14.2 Å². The van der Waals surface area contributed by atoms with Gasteiger partial charge in [-0.1, -0.05) is 133 Å². The molecule has 55 heavy (non-hydrogen) atoms. The van der Waals surface area contributed by atoms with E-state index in [9.17, 15) is 24.2 Å². The highest BCUT2D eigenvalue weighted by Crippen LogP contribution is 2.38. The minimum atomic E-state index is -4.68. The number of aliphatic hydroxyl groups is 1. The van der Waals surface area contributed by atoms with Crippen molar-refractivity contribution in [1.82, 2.24) is 0 Å². The van der Waals surface area contributed by atoms with Crippen molar-refractivity contribution in [3.63, 3.8) is 0 Å². The van der Waals surface area contributed by atoms with Gasteiger partial charge in [-0.15, -0.1) is 0 Å². The van der Waals surface area contributed by atoms with Gasteiger partial charge < -0.3 is 33.0 Å². The standard InChI is InChI=1S/C44H80NO9P/c1-6-8-10-12-14-16-18-20-22-24-26-28-30-33-41(46)34-32-36-44(48)54-42(40-53-55(49,50)52-38-37-45(3,4)5)39-51-43(47)35-31-29-27-25-23-21-19-17-15-13-11-9-7-2/h17,19-20,22,26,28,30,33,41-42,46H,6-16,18,21,23-25,27,29,31-32,34-40H2,1-5H3/b19-17-,22-20+,28-26+,33-30+/t41?,42-/m1/s1. The van der Waals surface area contributed by atoms with Crippen molar-refractivity contribution in [3.8, 4) is 0 Å². The molecule has 0 aliphatic rings. The van der Waals surface area contributed by atoms with Crippen LogP contribution in [-0.4, -0.2) is 81.2 Å². The first kappa shape index (κ1) is 52.9. The summed E-state index contributed by atoms with van der Waals surface area (Å²) in [5.74, 6) is -1.05. The molecule has 0 aromatic carbocycles. The zero-order chi connectivity index (χ0) is 40.9. The average Bonchev–Trinajstić information content (AvgIpc) is 3.12. The summed E-state index contributed by atoms with van der Waals surface area (Å²) in [4.78, 5) is 37.5. The Morgan fingerprint density at radius 3 is 1.84 bits per heavy atom. The molecule has 11 heteroatoms. The minimum absolute atomic E-state index is 0.00162. The topological polar surface area (TPSA) is 131 Å². The van der Waals surface area contributed by atoms with Crippen molar-refractivity contribution < 1.29 is 47.2 Å². The maximum Gasteiger partial charge on any atom is 0.306 e. The van der Waals surface area contributed by atoms with Crippen LogP contribution in [0.25, 0.3) is 0 Å². The van der Waals surface area contributed by atoms with Gasteiger partial charge in [-0.25, -0.2) is 0 Å². The molecule has 0 aromatic heterocycles. The van der Waals surface area contributed by atoms with Gasteiger partial charge in [-0.2, -0.15) is 0 Å². The van der Waals surface area contributed by atoms with E-state index in [0.29, 0.717) is 30.3 Å². The van der Waals surface area contributed by atoms with Crippen molar-refractivity contribution >= 4 is 19.8 Å². The zero-order valence-electron chi connectivity index (χ0n) is 35.5. The highest BCUT2D eigenvalue weighted by Gasteiger charge is 2.22. The summed E-state index contributed by atoms with van der Waals surface area (Å²) >= 11 is 0. The number of unbranched alkanes of at least 4 members (excludes halogenated alkanes) is 15. The van der Waals surface area contributed by atoms with E-state index in [1.165, 1.54) is 64.2 Å².